The van der Waals surface area contributed by atoms with Gasteiger partial charge in [-0.3, -0.25) is 0 Å². The highest BCUT2D eigenvalue weighted by atomic mass is 28.4. The Kier molecular flexibility index (Phi) is 16.1. The van der Waals surface area contributed by atoms with E-state index in [9.17, 15) is 0 Å². The average Bonchev–Trinajstić information content (AvgIpc) is 2.62. The second kappa shape index (κ2) is 16.0. The van der Waals surface area contributed by atoms with Crippen molar-refractivity contribution in [2.45, 2.75) is 72.4 Å². The van der Waals surface area contributed by atoms with Crippen LogP contribution in [0.2, 0.25) is 11.6 Å². The lowest BCUT2D eigenvalue weighted by atomic mass is 10.2. The molecule has 2 N–H and O–H groups in total. The van der Waals surface area contributed by atoms with Crippen molar-refractivity contribution in [3.63, 3.8) is 0 Å². The molecule has 0 radical (unpaired) electrons. The van der Waals surface area contributed by atoms with Crippen LogP contribution in [-0.2, 0) is 26.6 Å². The van der Waals surface area contributed by atoms with E-state index in [1.54, 1.807) is 0 Å². The van der Waals surface area contributed by atoms with Crippen molar-refractivity contribution < 1.29 is 26.6 Å². The van der Waals surface area contributed by atoms with Gasteiger partial charge >= 0.3 is 17.6 Å². The van der Waals surface area contributed by atoms with Gasteiger partial charge in [0.15, 0.2) is 0 Å². The normalized spacial score (nSPS) is 13.9. The van der Waals surface area contributed by atoms with Gasteiger partial charge in [0.25, 0.3) is 0 Å². The maximum absolute atomic E-state index is 6.11. The Bertz CT molecular complexity index is 318. The van der Waals surface area contributed by atoms with Crippen LogP contribution >= 0.6 is 0 Å². The highest BCUT2D eigenvalue weighted by Gasteiger charge is 2.49. The fourth-order valence-electron chi connectivity index (χ4n) is 3.35. The molecule has 0 aromatic rings. The lowest BCUT2D eigenvalue weighted by Gasteiger charge is -2.36. The van der Waals surface area contributed by atoms with E-state index in [1.165, 1.54) is 0 Å². The van der Waals surface area contributed by atoms with Gasteiger partial charge in [0.05, 0.1) is 0 Å². The van der Waals surface area contributed by atoms with E-state index in [-0.39, 0.29) is 5.54 Å². The first-order valence-electron chi connectivity index (χ1n) is 10.6. The zero-order chi connectivity index (χ0) is 20.6. The first-order chi connectivity index (χ1) is 13.0. The number of hydrogen-bond donors (Lipinski definition) is 1. The highest BCUT2D eigenvalue weighted by molar-refractivity contribution is 6.62. The van der Waals surface area contributed by atoms with E-state index in [4.69, 9.17) is 32.3 Å². The molecule has 0 amide bonds. The van der Waals surface area contributed by atoms with Gasteiger partial charge < -0.3 is 32.3 Å². The standard InChI is InChI=1S/C18H43NO6Si2/c1-7-20-26(21-8-2,22-9-3)17-13-14-18(15-16-19)27(23-10-4,24-11-5)25-12-6/h18H,7-17,19H2,1-6H3. The number of nitrogens with two attached hydrogens (primary N) is 1. The monoisotopic (exact) mass is 425 g/mol. The van der Waals surface area contributed by atoms with Crippen LogP contribution in [0.3, 0.4) is 0 Å². The molecular weight excluding hydrogens is 382 g/mol. The second-order valence-electron chi connectivity index (χ2n) is 6.05. The Hall–Kier alpha value is 0.154. The second-order valence-corrected chi connectivity index (χ2v) is 11.7. The van der Waals surface area contributed by atoms with Crippen molar-refractivity contribution in [2.75, 3.05) is 46.2 Å². The van der Waals surface area contributed by atoms with Crippen LogP contribution in [-0.4, -0.2) is 63.8 Å². The summed E-state index contributed by atoms with van der Waals surface area (Å²) < 4.78 is 36.2. The third-order valence-corrected chi connectivity index (χ3v) is 11.0. The molecule has 0 aliphatic carbocycles. The summed E-state index contributed by atoms with van der Waals surface area (Å²) in [7, 11) is -5.42. The van der Waals surface area contributed by atoms with Crippen molar-refractivity contribution in [1.82, 2.24) is 0 Å². The van der Waals surface area contributed by atoms with Gasteiger partial charge in [0.2, 0.25) is 0 Å². The minimum absolute atomic E-state index is 0.166. The molecule has 0 heterocycles. The van der Waals surface area contributed by atoms with E-state index in [0.717, 1.165) is 25.3 Å². The van der Waals surface area contributed by atoms with Crippen LogP contribution in [0.15, 0.2) is 0 Å². The summed E-state index contributed by atoms with van der Waals surface area (Å²) >= 11 is 0. The summed E-state index contributed by atoms with van der Waals surface area (Å²) in [6.07, 6.45) is 2.61. The molecule has 0 aliphatic rings. The van der Waals surface area contributed by atoms with E-state index < -0.39 is 17.6 Å². The summed E-state index contributed by atoms with van der Waals surface area (Å²) in [5.41, 5.74) is 6.07. The van der Waals surface area contributed by atoms with E-state index in [0.29, 0.717) is 46.2 Å². The Labute approximate surface area is 168 Å². The van der Waals surface area contributed by atoms with Gasteiger partial charge in [-0.1, -0.05) is 0 Å². The zero-order valence-corrected chi connectivity index (χ0v) is 20.4. The molecule has 0 aromatic carbocycles. The molecule has 0 saturated carbocycles. The third kappa shape index (κ3) is 9.46. The number of rotatable bonds is 19. The Morgan fingerprint density at radius 3 is 1.37 bits per heavy atom. The molecule has 0 spiro atoms. The van der Waals surface area contributed by atoms with Gasteiger partial charge in [0, 0.05) is 51.2 Å². The van der Waals surface area contributed by atoms with E-state index in [2.05, 4.69) is 0 Å². The Morgan fingerprint density at radius 2 is 1.04 bits per heavy atom. The Morgan fingerprint density at radius 1 is 0.630 bits per heavy atom. The minimum Gasteiger partial charge on any atom is -0.374 e. The summed E-state index contributed by atoms with van der Waals surface area (Å²) in [6, 6.07) is 0.776. The molecule has 7 nitrogen and oxygen atoms in total. The minimum atomic E-state index is -2.78. The lowest BCUT2D eigenvalue weighted by Crippen LogP contribution is -2.51. The topological polar surface area (TPSA) is 81.4 Å². The van der Waals surface area contributed by atoms with Crippen LogP contribution in [0, 0.1) is 0 Å². The molecule has 0 aliphatic heterocycles. The number of hydrogen-bond acceptors (Lipinski definition) is 7. The maximum atomic E-state index is 6.11. The third-order valence-electron chi connectivity index (χ3n) is 4.18. The predicted molar refractivity (Wildman–Crippen MR) is 113 cm³/mol. The van der Waals surface area contributed by atoms with Crippen LogP contribution in [0.5, 0.6) is 0 Å². The molecule has 1 atom stereocenters. The quantitative estimate of drug-likeness (QED) is 0.317. The molecule has 0 bridgehead atoms. The van der Waals surface area contributed by atoms with Gasteiger partial charge in [-0.15, -0.1) is 0 Å². The van der Waals surface area contributed by atoms with Crippen molar-refractivity contribution in [3.8, 4) is 0 Å². The summed E-state index contributed by atoms with van der Waals surface area (Å²) in [5.74, 6) is 0. The predicted octanol–water partition coefficient (Wildman–Crippen LogP) is 3.58. The largest absolute Gasteiger partial charge is 0.504 e. The van der Waals surface area contributed by atoms with Crippen molar-refractivity contribution in [1.29, 1.82) is 0 Å². The van der Waals surface area contributed by atoms with Crippen LogP contribution in [0.1, 0.15) is 60.8 Å². The molecule has 0 rings (SSSR count). The zero-order valence-electron chi connectivity index (χ0n) is 18.4. The smallest absolute Gasteiger partial charge is 0.374 e. The molecule has 9 heteroatoms. The van der Waals surface area contributed by atoms with Crippen molar-refractivity contribution in [2.24, 2.45) is 5.73 Å². The van der Waals surface area contributed by atoms with Gasteiger partial charge in [-0.25, -0.2) is 0 Å². The van der Waals surface area contributed by atoms with Crippen LogP contribution < -0.4 is 5.73 Å². The summed E-state index contributed by atoms with van der Waals surface area (Å²) in [5, 5.41) is 0. The molecular formula is C18H43NO6Si2. The molecule has 1 unspecified atom stereocenters. The van der Waals surface area contributed by atoms with Crippen molar-refractivity contribution >= 4 is 17.6 Å². The van der Waals surface area contributed by atoms with E-state index in [1.807, 2.05) is 41.5 Å². The van der Waals surface area contributed by atoms with Gasteiger partial charge in [-0.2, -0.15) is 0 Å². The molecule has 0 fully saturated rings. The molecule has 0 saturated heterocycles. The van der Waals surface area contributed by atoms with Gasteiger partial charge in [0.1, 0.15) is 0 Å². The first kappa shape index (κ1) is 27.2. The van der Waals surface area contributed by atoms with Gasteiger partial charge in [-0.05, 0) is 67.3 Å². The van der Waals surface area contributed by atoms with Crippen LogP contribution in [0.4, 0.5) is 0 Å². The van der Waals surface area contributed by atoms with E-state index >= 15 is 0 Å². The fourth-order valence-corrected chi connectivity index (χ4v) is 9.23. The average molecular weight is 426 g/mol. The lowest BCUT2D eigenvalue weighted by molar-refractivity contribution is 0.0567. The Balaban J connectivity index is 5.23. The van der Waals surface area contributed by atoms with Crippen molar-refractivity contribution in [3.05, 3.63) is 0 Å². The molecule has 0 aromatic heterocycles. The fraction of sp³-hybridized carbons (Fsp3) is 1.00. The summed E-state index contributed by atoms with van der Waals surface area (Å²) in [6.45, 7) is 16.0. The molecule has 27 heavy (non-hydrogen) atoms. The molecule has 164 valence electrons. The maximum Gasteiger partial charge on any atom is 0.504 e. The SMILES string of the molecule is CCO[Si](CCCC(CCN)[Si](OCC)(OCC)OCC)(OCC)OCC. The summed E-state index contributed by atoms with van der Waals surface area (Å²) in [4.78, 5) is 0. The first-order valence-corrected chi connectivity index (χ1v) is 14.3. The van der Waals surface area contributed by atoms with Crippen LogP contribution in [0.25, 0.3) is 0 Å². The highest BCUT2D eigenvalue weighted by Crippen LogP contribution is 2.35.